The van der Waals surface area contributed by atoms with Crippen molar-refractivity contribution in [1.29, 1.82) is 0 Å². The van der Waals surface area contributed by atoms with Crippen molar-refractivity contribution in [1.82, 2.24) is 9.62 Å². The van der Waals surface area contributed by atoms with Crippen molar-refractivity contribution in [2.75, 3.05) is 46.2 Å². The Balaban J connectivity index is 0.00000264. The molecular formula is C15H25ClN2O4S. The molecule has 0 aromatic heterocycles. The zero-order chi connectivity index (χ0) is 16.0. The van der Waals surface area contributed by atoms with E-state index in [1.54, 1.807) is 18.5 Å². The van der Waals surface area contributed by atoms with Gasteiger partial charge in [0.2, 0.25) is 10.0 Å². The average Bonchev–Trinajstić information content (AvgIpc) is 2.55. The van der Waals surface area contributed by atoms with Crippen molar-refractivity contribution in [3.63, 3.8) is 0 Å². The second-order valence-corrected chi connectivity index (χ2v) is 7.28. The first kappa shape index (κ1) is 20.2. The first-order valence-electron chi connectivity index (χ1n) is 7.42. The fraction of sp³-hybridized carbons (Fsp3) is 0.600. The molecule has 0 saturated carbocycles. The third-order valence-corrected chi connectivity index (χ3v) is 5.76. The first-order valence-corrected chi connectivity index (χ1v) is 9.03. The molecular weight excluding hydrogens is 340 g/mol. The molecule has 0 aliphatic carbocycles. The number of hydrogen-bond donors (Lipinski definition) is 1. The van der Waals surface area contributed by atoms with Crippen LogP contribution in [0.1, 0.15) is 18.0 Å². The van der Waals surface area contributed by atoms with Crippen LogP contribution in [-0.2, 0) is 14.8 Å². The lowest BCUT2D eigenvalue weighted by Crippen LogP contribution is -2.49. The van der Waals surface area contributed by atoms with Gasteiger partial charge in [-0.1, -0.05) is 18.2 Å². The lowest BCUT2D eigenvalue weighted by molar-refractivity contribution is 0.198. The molecule has 0 radical (unpaired) electrons. The summed E-state index contributed by atoms with van der Waals surface area (Å²) >= 11 is 0. The Bertz CT molecular complexity index is 583. The number of nitrogens with one attached hydrogen (secondary N) is 1. The maximum atomic E-state index is 12.6. The summed E-state index contributed by atoms with van der Waals surface area (Å²) in [6, 6.07) is 7.34. The molecule has 6 nitrogen and oxygen atoms in total. The zero-order valence-electron chi connectivity index (χ0n) is 13.5. The monoisotopic (exact) mass is 364 g/mol. The minimum absolute atomic E-state index is 0. The third-order valence-electron chi connectivity index (χ3n) is 3.80. The average molecular weight is 365 g/mol. The van der Waals surface area contributed by atoms with Crippen molar-refractivity contribution in [3.8, 4) is 5.75 Å². The van der Waals surface area contributed by atoms with E-state index in [2.05, 4.69) is 5.32 Å². The molecule has 1 atom stereocenters. The summed E-state index contributed by atoms with van der Waals surface area (Å²) in [5.74, 6) is 0.820. The Kier molecular flexibility index (Phi) is 8.28. The molecule has 1 aliphatic rings. The Labute approximate surface area is 144 Å². The number of ether oxygens (including phenoxy) is 2. The molecule has 0 amide bonds. The second kappa shape index (κ2) is 9.44. The van der Waals surface area contributed by atoms with Gasteiger partial charge in [0.15, 0.2) is 0 Å². The molecule has 0 bridgehead atoms. The van der Waals surface area contributed by atoms with Crippen LogP contribution in [0, 0.1) is 0 Å². The van der Waals surface area contributed by atoms with Crippen LogP contribution in [-0.4, -0.2) is 58.9 Å². The van der Waals surface area contributed by atoms with Crippen LogP contribution >= 0.6 is 12.4 Å². The van der Waals surface area contributed by atoms with E-state index in [1.807, 2.05) is 24.3 Å². The molecule has 2 rings (SSSR count). The maximum Gasteiger partial charge on any atom is 0.214 e. The number of para-hydroxylation sites is 1. The lowest BCUT2D eigenvalue weighted by Gasteiger charge is -2.36. The Morgan fingerprint density at radius 2 is 2.04 bits per heavy atom. The highest BCUT2D eigenvalue weighted by Crippen LogP contribution is 2.32. The molecule has 23 heavy (non-hydrogen) atoms. The fourth-order valence-electron chi connectivity index (χ4n) is 2.73. The van der Waals surface area contributed by atoms with Gasteiger partial charge in [0.05, 0.1) is 18.9 Å². The number of hydrogen-bond acceptors (Lipinski definition) is 5. The number of halogens is 1. The van der Waals surface area contributed by atoms with E-state index >= 15 is 0 Å². The second-order valence-electron chi connectivity index (χ2n) is 5.23. The SMILES string of the molecule is COCCCS(=O)(=O)N1CCNCC1c1ccccc1OC.Cl. The Morgan fingerprint density at radius 1 is 1.30 bits per heavy atom. The standard InChI is InChI=1S/C15H24N2O4S.ClH/c1-20-10-5-11-22(18,19)17-9-8-16-12-14(17)13-6-3-4-7-15(13)21-2;/h3-4,6-7,14,16H,5,8-12H2,1-2H3;1H. The number of rotatable bonds is 7. The quantitative estimate of drug-likeness (QED) is 0.741. The summed E-state index contributed by atoms with van der Waals surface area (Å²) in [4.78, 5) is 0. The van der Waals surface area contributed by atoms with Crippen LogP contribution in [0.2, 0.25) is 0 Å². The normalized spacial score (nSPS) is 19.1. The van der Waals surface area contributed by atoms with Crippen molar-refractivity contribution in [2.24, 2.45) is 0 Å². The Hall–Kier alpha value is -0.860. The molecule has 8 heteroatoms. The van der Waals surface area contributed by atoms with Gasteiger partial charge in [-0.15, -0.1) is 12.4 Å². The van der Waals surface area contributed by atoms with E-state index < -0.39 is 10.0 Å². The van der Waals surface area contributed by atoms with E-state index in [1.165, 1.54) is 0 Å². The molecule has 0 spiro atoms. The van der Waals surface area contributed by atoms with Gasteiger partial charge in [-0.3, -0.25) is 0 Å². The third kappa shape index (κ3) is 5.06. The molecule has 1 aromatic carbocycles. The molecule has 132 valence electrons. The topological polar surface area (TPSA) is 67.9 Å². The summed E-state index contributed by atoms with van der Waals surface area (Å²) in [6.07, 6.45) is 0.501. The molecule has 1 N–H and O–H groups in total. The van der Waals surface area contributed by atoms with E-state index in [4.69, 9.17) is 9.47 Å². The Morgan fingerprint density at radius 3 is 2.74 bits per heavy atom. The van der Waals surface area contributed by atoms with Crippen molar-refractivity contribution in [3.05, 3.63) is 29.8 Å². The highest BCUT2D eigenvalue weighted by atomic mass is 35.5. The number of benzene rings is 1. The van der Waals surface area contributed by atoms with Gasteiger partial charge in [0, 0.05) is 38.9 Å². The predicted molar refractivity (Wildman–Crippen MR) is 92.8 cm³/mol. The van der Waals surface area contributed by atoms with Gasteiger partial charge < -0.3 is 14.8 Å². The van der Waals surface area contributed by atoms with Crippen LogP contribution in [0.5, 0.6) is 5.75 Å². The van der Waals surface area contributed by atoms with Crippen LogP contribution in [0.15, 0.2) is 24.3 Å². The molecule has 1 aliphatic heterocycles. The number of sulfonamides is 1. The van der Waals surface area contributed by atoms with Crippen molar-refractivity contribution in [2.45, 2.75) is 12.5 Å². The van der Waals surface area contributed by atoms with Crippen LogP contribution in [0.4, 0.5) is 0 Å². The summed E-state index contributed by atoms with van der Waals surface area (Å²) in [7, 11) is -0.138. The van der Waals surface area contributed by atoms with Gasteiger partial charge in [0.25, 0.3) is 0 Å². The number of methoxy groups -OCH3 is 2. The first-order chi connectivity index (χ1) is 10.6. The van der Waals surface area contributed by atoms with Gasteiger partial charge in [-0.25, -0.2) is 8.42 Å². The van der Waals surface area contributed by atoms with Crippen LogP contribution in [0.25, 0.3) is 0 Å². The van der Waals surface area contributed by atoms with E-state index in [9.17, 15) is 8.42 Å². The van der Waals surface area contributed by atoms with Crippen LogP contribution in [0.3, 0.4) is 0 Å². The summed E-state index contributed by atoms with van der Waals surface area (Å²) in [6.45, 7) is 2.17. The van der Waals surface area contributed by atoms with Crippen molar-refractivity contribution >= 4 is 22.4 Å². The number of nitrogens with zero attached hydrogens (tertiary/aromatic N) is 1. The fourth-order valence-corrected chi connectivity index (χ4v) is 4.39. The van der Waals surface area contributed by atoms with Crippen LogP contribution < -0.4 is 10.1 Å². The maximum absolute atomic E-state index is 12.6. The van der Waals surface area contributed by atoms with E-state index in [0.29, 0.717) is 38.4 Å². The molecule has 1 fully saturated rings. The van der Waals surface area contributed by atoms with Gasteiger partial charge >= 0.3 is 0 Å². The highest BCUT2D eigenvalue weighted by Gasteiger charge is 2.34. The summed E-state index contributed by atoms with van der Waals surface area (Å²) < 4.78 is 37.2. The number of piperazine rings is 1. The van der Waals surface area contributed by atoms with Crippen molar-refractivity contribution < 1.29 is 17.9 Å². The largest absolute Gasteiger partial charge is 0.496 e. The molecule has 1 saturated heterocycles. The van der Waals surface area contributed by atoms with E-state index in [-0.39, 0.29) is 24.2 Å². The van der Waals surface area contributed by atoms with Gasteiger partial charge in [-0.05, 0) is 12.5 Å². The van der Waals surface area contributed by atoms with Gasteiger partial charge in [0.1, 0.15) is 5.75 Å². The minimum Gasteiger partial charge on any atom is -0.496 e. The van der Waals surface area contributed by atoms with Gasteiger partial charge in [-0.2, -0.15) is 4.31 Å². The molecule has 1 aromatic rings. The molecule has 1 unspecified atom stereocenters. The summed E-state index contributed by atoms with van der Waals surface area (Å²) in [5.41, 5.74) is 0.896. The lowest BCUT2D eigenvalue weighted by atomic mass is 10.0. The highest BCUT2D eigenvalue weighted by molar-refractivity contribution is 7.89. The van der Waals surface area contributed by atoms with E-state index in [0.717, 1.165) is 5.56 Å². The predicted octanol–water partition coefficient (Wildman–Crippen LogP) is 1.43. The summed E-state index contributed by atoms with van der Waals surface area (Å²) in [5, 5.41) is 3.27. The minimum atomic E-state index is -3.32. The smallest absolute Gasteiger partial charge is 0.214 e. The molecule has 1 heterocycles. The zero-order valence-corrected chi connectivity index (χ0v) is 15.2.